The van der Waals surface area contributed by atoms with E-state index in [1.54, 1.807) is 0 Å². The molecule has 64 valence electrons. The normalized spacial score (nSPS) is 10.5. The lowest BCUT2D eigenvalue weighted by Gasteiger charge is -2.03. The summed E-state index contributed by atoms with van der Waals surface area (Å²) in [6.07, 6.45) is -6.37. The molecule has 0 bridgehead atoms. The number of nitrogens with zero attached hydrogens (tertiary/aromatic N) is 2. The van der Waals surface area contributed by atoms with E-state index in [1.165, 1.54) is 0 Å². The second-order valence-corrected chi connectivity index (χ2v) is 1.95. The summed E-state index contributed by atoms with van der Waals surface area (Å²) in [5.74, 6) is -3.22. The number of Topliss-reactive ketones (excluding diaryl/α,β-unsaturated/α-hetero) is 1. The molecule has 0 unspecified atom stereocenters. The summed E-state index contributed by atoms with van der Waals surface area (Å²) in [4.78, 5) is 10.5. The molecule has 0 aromatic heterocycles. The Morgan fingerprint density at radius 1 is 1.33 bits per heavy atom. The van der Waals surface area contributed by atoms with Crippen molar-refractivity contribution in [3.05, 3.63) is 0 Å². The minimum absolute atomic E-state index is 1.16. The van der Waals surface area contributed by atoms with Crippen LogP contribution < -0.4 is 0 Å². The molecule has 3 nitrogen and oxygen atoms in total. The van der Waals surface area contributed by atoms with Crippen LogP contribution in [0.5, 0.6) is 0 Å². The summed E-state index contributed by atoms with van der Waals surface area (Å²) in [6, 6.07) is 2.33. The van der Waals surface area contributed by atoms with Crippen molar-refractivity contribution in [3.63, 3.8) is 0 Å². The molecule has 0 spiro atoms. The van der Waals surface area contributed by atoms with Crippen molar-refractivity contribution in [2.45, 2.75) is 12.6 Å². The Bertz CT molecular complexity index is 243. The zero-order valence-corrected chi connectivity index (χ0v) is 5.72. The Kier molecular flexibility index (Phi) is 3.24. The average Bonchev–Trinajstić information content (AvgIpc) is 1.85. The number of carbonyl (C=O) groups is 1. The molecule has 0 heterocycles. The van der Waals surface area contributed by atoms with Crippen molar-refractivity contribution < 1.29 is 18.0 Å². The van der Waals surface area contributed by atoms with Crippen molar-refractivity contribution in [3.8, 4) is 12.1 Å². The third kappa shape index (κ3) is 3.57. The summed E-state index contributed by atoms with van der Waals surface area (Å²) in [5.41, 5.74) is 0. The van der Waals surface area contributed by atoms with Gasteiger partial charge in [0.2, 0.25) is 0 Å². The maximum absolute atomic E-state index is 11.5. The van der Waals surface area contributed by atoms with Gasteiger partial charge in [0, 0.05) is 0 Å². The Morgan fingerprint density at radius 3 is 2.00 bits per heavy atom. The number of hydrogen-bond acceptors (Lipinski definition) is 3. The fourth-order valence-corrected chi connectivity index (χ4v) is 0.472. The average molecular weight is 176 g/mol. The number of ketones is 1. The van der Waals surface area contributed by atoms with E-state index < -0.39 is 24.3 Å². The highest BCUT2D eigenvalue weighted by atomic mass is 19.4. The van der Waals surface area contributed by atoms with Gasteiger partial charge in [0.15, 0.2) is 11.7 Å². The van der Waals surface area contributed by atoms with Gasteiger partial charge in [-0.2, -0.15) is 23.7 Å². The van der Waals surface area contributed by atoms with Gasteiger partial charge in [0.25, 0.3) is 0 Å². The molecule has 6 heteroatoms. The molecule has 0 fully saturated rings. The summed E-state index contributed by atoms with van der Waals surface area (Å²) in [7, 11) is 0. The van der Waals surface area contributed by atoms with Gasteiger partial charge in [-0.15, -0.1) is 0 Å². The highest BCUT2D eigenvalue weighted by molar-refractivity contribution is 5.86. The van der Waals surface area contributed by atoms with E-state index in [0.717, 1.165) is 12.1 Å². The first-order valence-corrected chi connectivity index (χ1v) is 2.79. The number of nitriles is 2. The number of carbonyl (C=O) groups excluding carboxylic acids is 1. The van der Waals surface area contributed by atoms with Gasteiger partial charge in [-0.1, -0.05) is 0 Å². The number of rotatable bonds is 2. The van der Waals surface area contributed by atoms with Gasteiger partial charge in [-0.25, -0.2) is 0 Å². The summed E-state index contributed by atoms with van der Waals surface area (Å²) < 4.78 is 34.5. The molecule has 0 rings (SSSR count). The molecule has 0 saturated carbocycles. The van der Waals surface area contributed by atoms with E-state index in [-0.39, 0.29) is 0 Å². The Balaban J connectivity index is 4.27. The molecule has 0 aliphatic rings. The quantitative estimate of drug-likeness (QED) is 0.634. The minimum Gasteiger partial charge on any atom is -0.297 e. The molecule has 0 radical (unpaired) electrons. The van der Waals surface area contributed by atoms with E-state index >= 15 is 0 Å². The lowest BCUT2D eigenvalue weighted by atomic mass is 10.1. The SMILES string of the molecule is N#CC(C#N)C(=O)CC(F)(F)F. The van der Waals surface area contributed by atoms with E-state index in [1.807, 2.05) is 0 Å². The summed E-state index contributed by atoms with van der Waals surface area (Å²) in [6.45, 7) is 0. The fraction of sp³-hybridized carbons (Fsp3) is 0.500. The van der Waals surface area contributed by atoms with E-state index in [9.17, 15) is 18.0 Å². The van der Waals surface area contributed by atoms with Gasteiger partial charge in [0.1, 0.15) is 6.42 Å². The van der Waals surface area contributed by atoms with Crippen molar-refractivity contribution in [2.24, 2.45) is 5.92 Å². The predicted octanol–water partition coefficient (Wildman–Crippen LogP) is 1.17. The van der Waals surface area contributed by atoms with Gasteiger partial charge in [0.05, 0.1) is 12.1 Å². The van der Waals surface area contributed by atoms with Gasteiger partial charge in [-0.05, 0) is 0 Å². The van der Waals surface area contributed by atoms with Crippen LogP contribution in [0.4, 0.5) is 13.2 Å². The molecule has 0 amide bonds. The second-order valence-electron chi connectivity index (χ2n) is 1.95. The third-order valence-electron chi connectivity index (χ3n) is 0.955. The lowest BCUT2D eigenvalue weighted by Crippen LogP contribution is -2.20. The van der Waals surface area contributed by atoms with Gasteiger partial charge < -0.3 is 0 Å². The molecule has 0 N–H and O–H groups in total. The monoisotopic (exact) mass is 176 g/mol. The zero-order chi connectivity index (χ0) is 9.78. The zero-order valence-electron chi connectivity index (χ0n) is 5.72. The van der Waals surface area contributed by atoms with Crippen LogP contribution >= 0.6 is 0 Å². The maximum Gasteiger partial charge on any atom is 0.395 e. The molecule has 0 atom stereocenters. The first-order valence-electron chi connectivity index (χ1n) is 2.79. The lowest BCUT2D eigenvalue weighted by molar-refractivity contribution is -0.152. The van der Waals surface area contributed by atoms with Crippen LogP contribution in [-0.2, 0) is 4.79 Å². The molecular formula is C6H3F3N2O. The standard InChI is InChI=1S/C6H3F3N2O/c7-6(8,9)1-5(12)4(2-10)3-11/h4H,1H2. The highest BCUT2D eigenvalue weighted by Gasteiger charge is 2.34. The van der Waals surface area contributed by atoms with Crippen molar-refractivity contribution in [1.29, 1.82) is 10.5 Å². The van der Waals surface area contributed by atoms with Crippen molar-refractivity contribution in [2.75, 3.05) is 0 Å². The number of halogens is 3. The molecule has 0 aliphatic carbocycles. The van der Waals surface area contributed by atoms with Crippen LogP contribution in [0.2, 0.25) is 0 Å². The Labute approximate surface area is 66.0 Å². The predicted molar refractivity (Wildman–Crippen MR) is 30.4 cm³/mol. The molecule has 0 aromatic rings. The largest absolute Gasteiger partial charge is 0.395 e. The summed E-state index contributed by atoms with van der Waals surface area (Å²) >= 11 is 0. The molecule has 0 saturated heterocycles. The third-order valence-corrected chi connectivity index (χ3v) is 0.955. The van der Waals surface area contributed by atoms with Gasteiger partial charge in [-0.3, -0.25) is 4.79 Å². The second kappa shape index (κ2) is 3.72. The topological polar surface area (TPSA) is 64.7 Å². The number of hydrogen-bond donors (Lipinski definition) is 0. The van der Waals surface area contributed by atoms with Crippen LogP contribution in [0.25, 0.3) is 0 Å². The Hall–Kier alpha value is -1.56. The van der Waals surface area contributed by atoms with Crippen LogP contribution in [0.15, 0.2) is 0 Å². The molecule has 0 aromatic carbocycles. The number of alkyl halides is 3. The van der Waals surface area contributed by atoms with Crippen molar-refractivity contribution >= 4 is 5.78 Å². The van der Waals surface area contributed by atoms with Crippen LogP contribution in [0.3, 0.4) is 0 Å². The maximum atomic E-state index is 11.5. The highest BCUT2D eigenvalue weighted by Crippen LogP contribution is 2.21. The van der Waals surface area contributed by atoms with Crippen molar-refractivity contribution in [1.82, 2.24) is 0 Å². The molecule has 0 aliphatic heterocycles. The molecular weight excluding hydrogens is 173 g/mol. The van der Waals surface area contributed by atoms with Crippen LogP contribution in [0.1, 0.15) is 6.42 Å². The van der Waals surface area contributed by atoms with Crippen LogP contribution in [-0.4, -0.2) is 12.0 Å². The van der Waals surface area contributed by atoms with E-state index in [4.69, 9.17) is 10.5 Å². The Morgan fingerprint density at radius 2 is 1.75 bits per heavy atom. The minimum atomic E-state index is -4.65. The smallest absolute Gasteiger partial charge is 0.297 e. The van der Waals surface area contributed by atoms with E-state index in [2.05, 4.69) is 0 Å². The van der Waals surface area contributed by atoms with E-state index in [0.29, 0.717) is 0 Å². The summed E-state index contributed by atoms with van der Waals surface area (Å²) in [5, 5.41) is 16.1. The first-order chi connectivity index (χ1) is 5.40. The van der Waals surface area contributed by atoms with Gasteiger partial charge >= 0.3 is 6.18 Å². The first kappa shape index (κ1) is 10.4. The fourth-order valence-electron chi connectivity index (χ4n) is 0.472. The molecule has 12 heavy (non-hydrogen) atoms. The van der Waals surface area contributed by atoms with Crippen LogP contribution in [0, 0.1) is 28.6 Å².